The lowest BCUT2D eigenvalue weighted by molar-refractivity contribution is -0.117. The number of aromatic nitrogens is 2. The maximum Gasteiger partial charge on any atom is 0.231 e. The molecule has 0 saturated heterocycles. The van der Waals surface area contributed by atoms with Gasteiger partial charge in [0.2, 0.25) is 5.91 Å². The maximum atomic E-state index is 13.6. The van der Waals surface area contributed by atoms with Crippen molar-refractivity contribution >= 4 is 17.4 Å². The van der Waals surface area contributed by atoms with Crippen LogP contribution in [-0.2, 0) is 11.4 Å². The van der Waals surface area contributed by atoms with Gasteiger partial charge < -0.3 is 14.8 Å². The molecule has 0 aliphatic heterocycles. The predicted molar refractivity (Wildman–Crippen MR) is 88.1 cm³/mol. The second-order valence-electron chi connectivity index (χ2n) is 6.12. The second-order valence-corrected chi connectivity index (χ2v) is 6.12. The number of rotatable bonds is 4. The van der Waals surface area contributed by atoms with Crippen LogP contribution >= 0.6 is 0 Å². The minimum Gasteiger partial charge on any atom is -0.392 e. The van der Waals surface area contributed by atoms with E-state index in [0.29, 0.717) is 28.2 Å². The number of nitrogens with zero attached hydrogens (tertiary/aromatic N) is 2. The third-order valence-corrected chi connectivity index (χ3v) is 4.30. The summed E-state index contributed by atoms with van der Waals surface area (Å²) >= 11 is 0. The lowest BCUT2D eigenvalue weighted by Gasteiger charge is -2.08. The van der Waals surface area contributed by atoms with E-state index in [9.17, 15) is 18.7 Å². The van der Waals surface area contributed by atoms with Crippen molar-refractivity contribution in [3.05, 3.63) is 54.1 Å². The van der Waals surface area contributed by atoms with Crippen LogP contribution in [0.2, 0.25) is 0 Å². The van der Waals surface area contributed by atoms with Gasteiger partial charge in [-0.05, 0) is 47.4 Å². The Kier molecular flexibility index (Phi) is 3.73. The summed E-state index contributed by atoms with van der Waals surface area (Å²) in [5.41, 5.74) is 2.49. The zero-order valence-electron chi connectivity index (χ0n) is 13.1. The lowest BCUT2D eigenvalue weighted by Crippen LogP contribution is -2.15. The molecular weight excluding hydrogens is 328 g/mol. The van der Waals surface area contributed by atoms with Crippen LogP contribution in [0, 0.1) is 11.7 Å². The van der Waals surface area contributed by atoms with Crippen LogP contribution < -0.4 is 5.32 Å². The van der Waals surface area contributed by atoms with Crippen molar-refractivity contribution in [3.63, 3.8) is 0 Å². The number of nitrogens with one attached hydrogen (secondary N) is 1. The highest BCUT2D eigenvalue weighted by Gasteiger charge is 2.43. The van der Waals surface area contributed by atoms with E-state index < -0.39 is 17.9 Å². The monoisotopic (exact) mass is 343 g/mol. The molecular formula is C18H15F2N3O2. The lowest BCUT2D eigenvalue weighted by atomic mass is 10.0. The number of aliphatic hydroxyl groups is 1. The molecule has 2 unspecified atom stereocenters. The van der Waals surface area contributed by atoms with E-state index in [-0.39, 0.29) is 18.9 Å². The molecule has 1 fully saturated rings. The molecule has 128 valence electrons. The van der Waals surface area contributed by atoms with E-state index in [1.807, 2.05) is 0 Å². The largest absolute Gasteiger partial charge is 0.392 e. The van der Waals surface area contributed by atoms with Crippen LogP contribution in [0.25, 0.3) is 16.8 Å². The van der Waals surface area contributed by atoms with E-state index >= 15 is 0 Å². The van der Waals surface area contributed by atoms with Crippen LogP contribution in [0.5, 0.6) is 0 Å². The molecule has 1 saturated carbocycles. The summed E-state index contributed by atoms with van der Waals surface area (Å²) in [6.45, 7) is -0.204. The Morgan fingerprint density at radius 3 is 2.84 bits per heavy atom. The molecule has 2 aromatic heterocycles. The number of pyridine rings is 1. The van der Waals surface area contributed by atoms with Gasteiger partial charge in [0.15, 0.2) is 5.82 Å². The molecule has 0 spiro atoms. The highest BCUT2D eigenvalue weighted by Crippen LogP contribution is 2.34. The third kappa shape index (κ3) is 2.98. The van der Waals surface area contributed by atoms with Gasteiger partial charge in [0, 0.05) is 6.20 Å². The number of imidazole rings is 1. The van der Waals surface area contributed by atoms with Crippen molar-refractivity contribution in [2.75, 3.05) is 5.32 Å². The fraction of sp³-hybridized carbons (Fsp3) is 0.222. The normalized spacial score (nSPS) is 19.2. The molecule has 5 nitrogen and oxygen atoms in total. The highest BCUT2D eigenvalue weighted by molar-refractivity contribution is 5.94. The zero-order chi connectivity index (χ0) is 17.6. The number of fused-ring (bicyclic) bond motifs is 1. The van der Waals surface area contributed by atoms with Gasteiger partial charge in [-0.1, -0.05) is 6.07 Å². The number of aliphatic hydroxyl groups excluding tert-OH is 1. The smallest absolute Gasteiger partial charge is 0.231 e. The Morgan fingerprint density at radius 1 is 1.32 bits per heavy atom. The van der Waals surface area contributed by atoms with Crippen LogP contribution in [0.1, 0.15) is 12.0 Å². The number of alkyl halides is 1. The quantitative estimate of drug-likeness (QED) is 0.765. The van der Waals surface area contributed by atoms with Crippen LogP contribution in [0.4, 0.5) is 14.6 Å². The van der Waals surface area contributed by atoms with Crippen LogP contribution in [0.3, 0.4) is 0 Å². The highest BCUT2D eigenvalue weighted by atomic mass is 19.1. The van der Waals surface area contributed by atoms with Gasteiger partial charge in [-0.15, -0.1) is 0 Å². The van der Waals surface area contributed by atoms with E-state index in [1.54, 1.807) is 28.9 Å². The van der Waals surface area contributed by atoms with Gasteiger partial charge in [-0.25, -0.2) is 13.8 Å². The Morgan fingerprint density at radius 2 is 2.12 bits per heavy atom. The van der Waals surface area contributed by atoms with Gasteiger partial charge in [0.05, 0.1) is 18.7 Å². The first-order valence-electron chi connectivity index (χ1n) is 7.88. The van der Waals surface area contributed by atoms with Gasteiger partial charge in [0.1, 0.15) is 17.6 Å². The number of halogens is 2. The van der Waals surface area contributed by atoms with Gasteiger partial charge in [-0.2, -0.15) is 0 Å². The molecule has 1 amide bonds. The maximum absolute atomic E-state index is 13.6. The number of hydrogen-bond acceptors (Lipinski definition) is 3. The first kappa shape index (κ1) is 15.7. The average Bonchev–Trinajstić information content (AvgIpc) is 3.20. The minimum atomic E-state index is -1.06. The summed E-state index contributed by atoms with van der Waals surface area (Å²) in [5.74, 6) is -1.01. The zero-order valence-corrected chi connectivity index (χ0v) is 13.1. The van der Waals surface area contributed by atoms with Crippen molar-refractivity contribution in [2.24, 2.45) is 5.92 Å². The van der Waals surface area contributed by atoms with Gasteiger partial charge in [0.25, 0.3) is 0 Å². The molecule has 1 aliphatic carbocycles. The summed E-state index contributed by atoms with van der Waals surface area (Å²) in [6.07, 6.45) is 2.55. The fourth-order valence-electron chi connectivity index (χ4n) is 2.82. The summed E-state index contributed by atoms with van der Waals surface area (Å²) in [7, 11) is 0. The number of hydrogen-bond donors (Lipinski definition) is 2. The Labute approximate surface area is 141 Å². The molecule has 7 heteroatoms. The van der Waals surface area contributed by atoms with Crippen molar-refractivity contribution in [3.8, 4) is 11.1 Å². The average molecular weight is 343 g/mol. The molecule has 1 aliphatic rings. The van der Waals surface area contributed by atoms with Crippen LogP contribution in [-0.4, -0.2) is 26.6 Å². The molecule has 2 N–H and O–H groups in total. The van der Waals surface area contributed by atoms with Crippen molar-refractivity contribution in [1.29, 1.82) is 0 Å². The molecule has 0 radical (unpaired) electrons. The number of anilines is 1. The Bertz CT molecular complexity index is 970. The summed E-state index contributed by atoms with van der Waals surface area (Å²) in [6, 6.07) is 7.69. The molecule has 0 bridgehead atoms. The van der Waals surface area contributed by atoms with Crippen LogP contribution in [0.15, 0.2) is 42.7 Å². The molecule has 1 aromatic carbocycles. The van der Waals surface area contributed by atoms with E-state index in [0.717, 1.165) is 0 Å². The minimum absolute atomic E-state index is 0.204. The first-order chi connectivity index (χ1) is 12.0. The van der Waals surface area contributed by atoms with Crippen molar-refractivity contribution in [1.82, 2.24) is 9.38 Å². The summed E-state index contributed by atoms with van der Waals surface area (Å²) in [4.78, 5) is 16.1. The fourth-order valence-corrected chi connectivity index (χ4v) is 2.82. The molecule has 2 atom stereocenters. The van der Waals surface area contributed by atoms with E-state index in [1.165, 1.54) is 18.2 Å². The standard InChI is InChI=1S/C18H15F2N3O2/c19-12-3-1-11(9-24)13(5-12)10-2-4-17-21-16(8-23(17)7-10)22-18(25)14-6-15(14)20/h1-5,7-8,14-15,24H,6,9H2,(H,22,25). The number of carbonyl (C=O) groups is 1. The third-order valence-electron chi connectivity index (χ3n) is 4.30. The number of benzene rings is 1. The second kappa shape index (κ2) is 5.93. The molecule has 25 heavy (non-hydrogen) atoms. The van der Waals surface area contributed by atoms with E-state index in [4.69, 9.17) is 0 Å². The van der Waals surface area contributed by atoms with E-state index in [2.05, 4.69) is 10.3 Å². The Balaban J connectivity index is 1.66. The molecule has 4 rings (SSSR count). The number of amides is 1. The molecule has 2 heterocycles. The summed E-state index contributed by atoms with van der Waals surface area (Å²) < 4.78 is 28.2. The number of carbonyl (C=O) groups excluding carboxylic acids is 1. The SMILES string of the molecule is O=C(Nc1cn2cc(-c3cc(F)ccc3CO)ccc2n1)C1CC1F. The van der Waals surface area contributed by atoms with Gasteiger partial charge >= 0.3 is 0 Å². The predicted octanol–water partition coefficient (Wildman–Crippen LogP) is 2.93. The topological polar surface area (TPSA) is 66.6 Å². The summed E-state index contributed by atoms with van der Waals surface area (Å²) in [5, 5.41) is 12.1. The van der Waals surface area contributed by atoms with Crippen molar-refractivity contribution in [2.45, 2.75) is 19.2 Å². The molecule has 3 aromatic rings. The first-order valence-corrected chi connectivity index (χ1v) is 7.88. The van der Waals surface area contributed by atoms with Crippen molar-refractivity contribution < 1.29 is 18.7 Å². The van der Waals surface area contributed by atoms with Gasteiger partial charge in [-0.3, -0.25) is 4.79 Å². The Hall–Kier alpha value is -2.80.